The molecule has 5 nitrogen and oxygen atoms in total. The fraction of sp³-hybridized carbons (Fsp3) is 0.0435. The molecule has 1 aromatic heterocycles. The number of pyridine rings is 1. The molecule has 0 aliphatic heterocycles. The van der Waals surface area contributed by atoms with Gasteiger partial charge in [-0.1, -0.05) is 74.3 Å². The second kappa shape index (κ2) is 8.55. The highest BCUT2D eigenvalue weighted by atomic mass is 79.9. The van der Waals surface area contributed by atoms with Gasteiger partial charge in [-0.05, 0) is 53.6 Å². The number of aliphatic hydroxyl groups is 1. The van der Waals surface area contributed by atoms with Crippen LogP contribution in [-0.2, 0) is 10.4 Å². The third kappa shape index (κ3) is 4.09. The number of benzene rings is 3. The van der Waals surface area contributed by atoms with E-state index in [2.05, 4.69) is 47.7 Å². The third-order valence-electron chi connectivity index (χ3n) is 4.76. The Balaban J connectivity index is 1.64. The summed E-state index contributed by atoms with van der Waals surface area (Å²) >= 11 is 6.77. The number of halogens is 2. The number of hydrazine groups is 1. The molecular weight excluding hydrogens is 510 g/mol. The van der Waals surface area contributed by atoms with E-state index in [-0.39, 0.29) is 0 Å². The lowest BCUT2D eigenvalue weighted by Gasteiger charge is -2.28. The average Bonchev–Trinajstić information content (AvgIpc) is 2.77. The van der Waals surface area contributed by atoms with Crippen LogP contribution in [0.25, 0.3) is 10.9 Å². The van der Waals surface area contributed by atoms with Gasteiger partial charge in [0.25, 0.3) is 5.91 Å². The van der Waals surface area contributed by atoms with Gasteiger partial charge >= 0.3 is 0 Å². The van der Waals surface area contributed by atoms with Crippen molar-refractivity contribution in [3.63, 3.8) is 0 Å². The second-order valence-corrected chi connectivity index (χ2v) is 8.52. The van der Waals surface area contributed by atoms with E-state index in [4.69, 9.17) is 0 Å². The number of rotatable bonds is 5. The summed E-state index contributed by atoms with van der Waals surface area (Å²) in [6, 6.07) is 25.3. The number of hydrogen-bond acceptors (Lipinski definition) is 4. The van der Waals surface area contributed by atoms with Gasteiger partial charge in [-0.25, -0.2) is 4.98 Å². The zero-order chi connectivity index (χ0) is 21.1. The zero-order valence-electron chi connectivity index (χ0n) is 15.6. The number of aromatic nitrogens is 1. The maximum absolute atomic E-state index is 13.2. The summed E-state index contributed by atoms with van der Waals surface area (Å²) in [6.07, 6.45) is 0. The number of hydrogen-bond donors (Lipinski definition) is 3. The van der Waals surface area contributed by atoms with Crippen molar-refractivity contribution in [2.24, 2.45) is 0 Å². The van der Waals surface area contributed by atoms with Crippen molar-refractivity contribution in [2.75, 3.05) is 5.43 Å². The molecule has 0 saturated heterocycles. The van der Waals surface area contributed by atoms with Crippen LogP contribution in [0.2, 0.25) is 0 Å². The summed E-state index contributed by atoms with van der Waals surface area (Å²) in [5, 5.41) is 12.5. The van der Waals surface area contributed by atoms with E-state index in [1.165, 1.54) is 0 Å². The molecule has 0 aliphatic carbocycles. The van der Waals surface area contributed by atoms with Crippen LogP contribution in [0, 0.1) is 0 Å². The van der Waals surface area contributed by atoms with Gasteiger partial charge in [-0.2, -0.15) is 0 Å². The Morgan fingerprint density at radius 3 is 1.97 bits per heavy atom. The van der Waals surface area contributed by atoms with Crippen molar-refractivity contribution in [2.45, 2.75) is 5.60 Å². The van der Waals surface area contributed by atoms with Crippen molar-refractivity contribution in [1.82, 2.24) is 10.4 Å². The highest BCUT2D eigenvalue weighted by molar-refractivity contribution is 9.10. The summed E-state index contributed by atoms with van der Waals surface area (Å²) < 4.78 is 1.70. The number of nitrogens with zero attached hydrogens (tertiary/aromatic N) is 1. The van der Waals surface area contributed by atoms with E-state index in [0.717, 1.165) is 19.8 Å². The SMILES string of the molecule is O=C(NNc1ccc2ccccc2n1)C(O)(c1ccc(Br)cc1)c1ccc(Br)cc1. The highest BCUT2D eigenvalue weighted by Crippen LogP contribution is 2.32. The van der Waals surface area contributed by atoms with Crippen molar-refractivity contribution >= 4 is 54.5 Å². The van der Waals surface area contributed by atoms with E-state index in [9.17, 15) is 9.90 Å². The molecule has 0 fully saturated rings. The van der Waals surface area contributed by atoms with Crippen molar-refractivity contribution in [3.8, 4) is 0 Å². The van der Waals surface area contributed by atoms with Crippen molar-refractivity contribution in [1.29, 1.82) is 0 Å². The lowest BCUT2D eigenvalue weighted by Crippen LogP contribution is -2.47. The smallest absolute Gasteiger partial charge is 0.279 e. The van der Waals surface area contributed by atoms with Crippen molar-refractivity contribution < 1.29 is 9.90 Å². The number of fused-ring (bicyclic) bond motifs is 1. The molecule has 1 amide bonds. The van der Waals surface area contributed by atoms with Gasteiger partial charge in [-0.3, -0.25) is 15.6 Å². The normalized spacial score (nSPS) is 11.3. The zero-order valence-corrected chi connectivity index (χ0v) is 18.8. The molecule has 4 aromatic rings. The molecule has 0 unspecified atom stereocenters. The highest BCUT2D eigenvalue weighted by Gasteiger charge is 2.40. The first-order valence-electron chi connectivity index (χ1n) is 9.13. The average molecular weight is 527 g/mol. The first-order chi connectivity index (χ1) is 14.5. The second-order valence-electron chi connectivity index (χ2n) is 6.69. The maximum atomic E-state index is 13.2. The van der Waals surface area contributed by atoms with Crippen LogP contribution >= 0.6 is 31.9 Å². The minimum absolute atomic E-state index is 0.443. The van der Waals surface area contributed by atoms with Gasteiger partial charge in [0.2, 0.25) is 0 Å². The number of nitrogens with one attached hydrogen (secondary N) is 2. The molecule has 1 heterocycles. The summed E-state index contributed by atoms with van der Waals surface area (Å²) in [5.41, 5.74) is 5.21. The van der Waals surface area contributed by atoms with Gasteiger partial charge in [0.05, 0.1) is 5.52 Å². The monoisotopic (exact) mass is 525 g/mol. The summed E-state index contributed by atoms with van der Waals surface area (Å²) in [7, 11) is 0. The molecule has 4 rings (SSSR count). The van der Waals surface area contributed by atoms with E-state index in [1.807, 2.05) is 30.3 Å². The van der Waals surface area contributed by atoms with Crippen LogP contribution < -0.4 is 10.9 Å². The van der Waals surface area contributed by atoms with Gasteiger partial charge in [0, 0.05) is 14.3 Å². The predicted molar refractivity (Wildman–Crippen MR) is 125 cm³/mol. The Morgan fingerprint density at radius 1 is 0.800 bits per heavy atom. The molecule has 0 bridgehead atoms. The van der Waals surface area contributed by atoms with E-state index < -0.39 is 11.5 Å². The number of anilines is 1. The molecule has 0 radical (unpaired) electrons. The molecule has 3 aromatic carbocycles. The van der Waals surface area contributed by atoms with E-state index >= 15 is 0 Å². The summed E-state index contributed by atoms with van der Waals surface area (Å²) in [4.78, 5) is 17.7. The minimum Gasteiger partial charge on any atom is -0.372 e. The van der Waals surface area contributed by atoms with Gasteiger partial charge in [-0.15, -0.1) is 0 Å². The molecule has 3 N–H and O–H groups in total. The lowest BCUT2D eigenvalue weighted by molar-refractivity contribution is -0.136. The lowest BCUT2D eigenvalue weighted by atomic mass is 9.85. The Hall–Kier alpha value is -2.74. The molecule has 150 valence electrons. The molecule has 7 heteroatoms. The fourth-order valence-corrected chi connectivity index (χ4v) is 3.69. The Morgan fingerprint density at radius 2 is 1.37 bits per heavy atom. The molecule has 0 spiro atoms. The minimum atomic E-state index is -1.90. The van der Waals surface area contributed by atoms with Gasteiger partial charge in [0.1, 0.15) is 5.82 Å². The van der Waals surface area contributed by atoms with Crippen molar-refractivity contribution in [3.05, 3.63) is 105 Å². The predicted octanol–water partition coefficient (Wildman–Crippen LogP) is 5.14. The summed E-state index contributed by atoms with van der Waals surface area (Å²) in [6.45, 7) is 0. The number of amides is 1. The third-order valence-corrected chi connectivity index (χ3v) is 5.81. The van der Waals surface area contributed by atoms with Crippen LogP contribution in [0.1, 0.15) is 11.1 Å². The first-order valence-corrected chi connectivity index (χ1v) is 10.7. The van der Waals surface area contributed by atoms with E-state index in [0.29, 0.717) is 16.9 Å². The molecule has 0 atom stereocenters. The fourth-order valence-electron chi connectivity index (χ4n) is 3.16. The Kier molecular flexibility index (Phi) is 5.85. The van der Waals surface area contributed by atoms with E-state index in [1.54, 1.807) is 54.6 Å². The van der Waals surface area contributed by atoms with Crippen LogP contribution in [0.4, 0.5) is 5.82 Å². The number of carbonyl (C=O) groups excluding carboxylic acids is 1. The number of carbonyl (C=O) groups is 1. The molecule has 30 heavy (non-hydrogen) atoms. The van der Waals surface area contributed by atoms with Gasteiger partial charge < -0.3 is 5.11 Å². The van der Waals surface area contributed by atoms with Crippen LogP contribution in [0.3, 0.4) is 0 Å². The topological polar surface area (TPSA) is 74.2 Å². The van der Waals surface area contributed by atoms with Crippen LogP contribution in [-0.4, -0.2) is 16.0 Å². The Labute approximate surface area is 190 Å². The largest absolute Gasteiger partial charge is 0.372 e. The molecular formula is C23H17Br2N3O2. The Bertz CT molecular complexity index is 1150. The maximum Gasteiger partial charge on any atom is 0.279 e. The number of para-hydroxylation sites is 1. The van der Waals surface area contributed by atoms with Crippen LogP contribution in [0.5, 0.6) is 0 Å². The molecule has 0 saturated carbocycles. The quantitative estimate of drug-likeness (QED) is 0.315. The first kappa shape index (κ1) is 20.5. The van der Waals surface area contributed by atoms with Gasteiger partial charge in [0.15, 0.2) is 5.60 Å². The van der Waals surface area contributed by atoms with Crippen LogP contribution in [0.15, 0.2) is 93.9 Å². The standard InChI is InChI=1S/C23H17Br2N3O2/c24-18-10-6-16(7-11-18)23(30,17-8-12-19(25)13-9-17)22(29)28-27-21-14-5-15-3-1-2-4-20(15)26-21/h1-14,30H,(H,26,27)(H,28,29). The summed E-state index contributed by atoms with van der Waals surface area (Å²) in [5.74, 6) is -0.155. The molecule has 0 aliphatic rings.